The molecule has 2 atom stereocenters. The van der Waals surface area contributed by atoms with E-state index in [1.54, 1.807) is 0 Å². The van der Waals surface area contributed by atoms with Crippen molar-refractivity contribution in [1.29, 1.82) is 0 Å². The van der Waals surface area contributed by atoms with Gasteiger partial charge in [-0.1, -0.05) is 18.2 Å². The van der Waals surface area contributed by atoms with Gasteiger partial charge in [-0.15, -0.1) is 12.4 Å². The van der Waals surface area contributed by atoms with E-state index in [1.807, 2.05) is 53.8 Å². The van der Waals surface area contributed by atoms with E-state index in [0.717, 1.165) is 48.8 Å². The lowest BCUT2D eigenvalue weighted by atomic mass is 10.0. The quantitative estimate of drug-likeness (QED) is 0.907. The van der Waals surface area contributed by atoms with Gasteiger partial charge in [0.25, 0.3) is 5.91 Å². The van der Waals surface area contributed by atoms with Crippen LogP contribution in [0.4, 0.5) is 0 Å². The molecule has 2 aromatic rings. The predicted octanol–water partition coefficient (Wildman–Crippen LogP) is 2.20. The summed E-state index contributed by atoms with van der Waals surface area (Å²) in [6.07, 6.45) is 0. The van der Waals surface area contributed by atoms with E-state index < -0.39 is 0 Å². The number of aryl methyl sites for hydroxylation is 1. The second kappa shape index (κ2) is 6.57. The van der Waals surface area contributed by atoms with Crippen molar-refractivity contribution in [2.45, 2.75) is 13.8 Å². The molecule has 0 radical (unpaired) electrons. The van der Waals surface area contributed by atoms with Gasteiger partial charge in [0.1, 0.15) is 0 Å². The number of amides is 1. The normalized spacial score (nSPS) is 22.3. The van der Waals surface area contributed by atoms with Crippen LogP contribution in [-0.2, 0) is 0 Å². The van der Waals surface area contributed by atoms with Crippen LogP contribution in [0.3, 0.4) is 0 Å². The summed E-state index contributed by atoms with van der Waals surface area (Å²) in [5, 5.41) is 8.02. The highest BCUT2D eigenvalue weighted by atomic mass is 35.5. The third-order valence-corrected chi connectivity index (χ3v) is 5.18. The smallest absolute Gasteiger partial charge is 0.257 e. The van der Waals surface area contributed by atoms with Gasteiger partial charge in [0.2, 0.25) is 0 Å². The molecule has 5 nitrogen and oxygen atoms in total. The van der Waals surface area contributed by atoms with Gasteiger partial charge in [-0.05, 0) is 37.8 Å². The summed E-state index contributed by atoms with van der Waals surface area (Å²) in [4.78, 5) is 15.0. The van der Waals surface area contributed by atoms with Gasteiger partial charge in [-0.25, -0.2) is 4.68 Å². The van der Waals surface area contributed by atoms with Gasteiger partial charge >= 0.3 is 0 Å². The fourth-order valence-corrected chi connectivity index (χ4v) is 3.95. The number of nitrogens with zero attached hydrogens (tertiary/aromatic N) is 3. The Morgan fingerprint density at radius 3 is 2.38 bits per heavy atom. The Hall–Kier alpha value is -1.85. The number of aromatic nitrogens is 2. The topological polar surface area (TPSA) is 50.2 Å². The zero-order chi connectivity index (χ0) is 16.0. The fourth-order valence-electron chi connectivity index (χ4n) is 3.95. The molecule has 4 rings (SSSR count). The average molecular weight is 347 g/mol. The number of benzene rings is 1. The largest absolute Gasteiger partial charge is 0.338 e. The third-order valence-electron chi connectivity index (χ3n) is 5.18. The van der Waals surface area contributed by atoms with Gasteiger partial charge in [0.15, 0.2) is 0 Å². The molecule has 0 unspecified atom stereocenters. The Balaban J connectivity index is 0.00000169. The van der Waals surface area contributed by atoms with Crippen LogP contribution in [0.1, 0.15) is 21.7 Å². The summed E-state index contributed by atoms with van der Waals surface area (Å²) in [6, 6.07) is 9.99. The second-order valence-corrected chi connectivity index (χ2v) is 6.68. The van der Waals surface area contributed by atoms with E-state index in [-0.39, 0.29) is 18.3 Å². The molecule has 6 heteroatoms. The molecule has 1 N–H and O–H groups in total. The maximum absolute atomic E-state index is 13.0. The average Bonchev–Trinajstić information content (AvgIpc) is 3.21. The van der Waals surface area contributed by atoms with Crippen LogP contribution in [0.15, 0.2) is 30.3 Å². The van der Waals surface area contributed by atoms with Crippen LogP contribution in [-0.4, -0.2) is 46.8 Å². The first-order valence-corrected chi connectivity index (χ1v) is 8.27. The number of nitrogens with one attached hydrogen (secondary N) is 1. The van der Waals surface area contributed by atoms with Gasteiger partial charge in [0, 0.05) is 26.2 Å². The molecule has 1 aromatic heterocycles. The number of para-hydroxylation sites is 1. The lowest BCUT2D eigenvalue weighted by Gasteiger charge is -2.17. The highest BCUT2D eigenvalue weighted by Gasteiger charge is 2.39. The molecule has 2 aliphatic rings. The fraction of sp³-hybridized carbons (Fsp3) is 0.444. The van der Waals surface area contributed by atoms with Crippen molar-refractivity contribution < 1.29 is 4.79 Å². The number of fused-ring (bicyclic) bond motifs is 1. The maximum atomic E-state index is 13.0. The molecular weight excluding hydrogens is 324 g/mol. The number of likely N-dealkylation sites (tertiary alicyclic amines) is 1. The Kier molecular flexibility index (Phi) is 4.65. The summed E-state index contributed by atoms with van der Waals surface area (Å²) in [5.41, 5.74) is 3.50. The molecule has 24 heavy (non-hydrogen) atoms. The lowest BCUT2D eigenvalue weighted by molar-refractivity contribution is 0.0780. The molecule has 128 valence electrons. The summed E-state index contributed by atoms with van der Waals surface area (Å²) < 4.78 is 1.88. The zero-order valence-corrected chi connectivity index (χ0v) is 14.8. The maximum Gasteiger partial charge on any atom is 0.257 e. The van der Waals surface area contributed by atoms with Crippen molar-refractivity contribution >= 4 is 18.3 Å². The van der Waals surface area contributed by atoms with E-state index in [1.165, 1.54) is 0 Å². The van der Waals surface area contributed by atoms with E-state index in [9.17, 15) is 4.79 Å². The van der Waals surface area contributed by atoms with Crippen molar-refractivity contribution in [2.24, 2.45) is 11.8 Å². The minimum Gasteiger partial charge on any atom is -0.338 e. The van der Waals surface area contributed by atoms with Crippen LogP contribution in [0.2, 0.25) is 0 Å². The van der Waals surface area contributed by atoms with Gasteiger partial charge in [-0.3, -0.25) is 4.79 Å². The first kappa shape index (κ1) is 17.0. The van der Waals surface area contributed by atoms with Crippen molar-refractivity contribution in [3.8, 4) is 5.69 Å². The van der Waals surface area contributed by atoms with Crippen LogP contribution in [0, 0.1) is 25.7 Å². The van der Waals surface area contributed by atoms with Crippen LogP contribution < -0.4 is 5.32 Å². The molecule has 2 fully saturated rings. The molecule has 1 amide bonds. The van der Waals surface area contributed by atoms with Crippen LogP contribution in [0.5, 0.6) is 0 Å². The van der Waals surface area contributed by atoms with Crippen molar-refractivity contribution in [2.75, 3.05) is 26.2 Å². The highest BCUT2D eigenvalue weighted by Crippen LogP contribution is 2.29. The summed E-state index contributed by atoms with van der Waals surface area (Å²) in [6.45, 7) is 7.72. The zero-order valence-electron chi connectivity index (χ0n) is 14.0. The molecule has 2 aliphatic heterocycles. The Morgan fingerprint density at radius 1 is 1.12 bits per heavy atom. The number of carbonyl (C=O) groups excluding carboxylic acids is 1. The third kappa shape index (κ3) is 2.72. The standard InChI is InChI=1S/C18H22N4O.ClH/c1-12-17(13(2)22(20-12)16-6-4-3-5-7-16)18(23)21-10-14-8-19-9-15(14)11-21;/h3-7,14-15,19H,8-11H2,1-2H3;1H/t14-,15+;. The molecule has 2 saturated heterocycles. The predicted molar refractivity (Wildman–Crippen MR) is 96.0 cm³/mol. The molecule has 0 saturated carbocycles. The highest BCUT2D eigenvalue weighted by molar-refractivity contribution is 5.96. The summed E-state index contributed by atoms with van der Waals surface area (Å²) in [5.74, 6) is 1.36. The molecule has 1 aromatic carbocycles. The second-order valence-electron chi connectivity index (χ2n) is 6.68. The van der Waals surface area contributed by atoms with Crippen molar-refractivity contribution in [1.82, 2.24) is 20.0 Å². The van der Waals surface area contributed by atoms with Gasteiger partial charge < -0.3 is 10.2 Å². The molecule has 3 heterocycles. The van der Waals surface area contributed by atoms with Crippen LogP contribution >= 0.6 is 12.4 Å². The van der Waals surface area contributed by atoms with Gasteiger partial charge in [0.05, 0.1) is 22.6 Å². The number of rotatable bonds is 2. The van der Waals surface area contributed by atoms with Crippen molar-refractivity contribution in [3.05, 3.63) is 47.3 Å². The van der Waals surface area contributed by atoms with E-state index in [0.29, 0.717) is 11.8 Å². The molecule has 0 aliphatic carbocycles. The summed E-state index contributed by atoms with van der Waals surface area (Å²) in [7, 11) is 0. The number of hydrogen-bond donors (Lipinski definition) is 1. The van der Waals surface area contributed by atoms with Gasteiger partial charge in [-0.2, -0.15) is 5.10 Å². The Labute approximate surface area is 148 Å². The number of hydrogen-bond acceptors (Lipinski definition) is 3. The molecular formula is C18H23ClN4O. The first-order valence-electron chi connectivity index (χ1n) is 8.27. The van der Waals surface area contributed by atoms with Crippen LogP contribution in [0.25, 0.3) is 5.69 Å². The molecule has 0 bridgehead atoms. The number of halogens is 1. The lowest BCUT2D eigenvalue weighted by Crippen LogP contribution is -2.32. The minimum atomic E-state index is 0. The van der Waals surface area contributed by atoms with E-state index in [2.05, 4.69) is 10.4 Å². The molecule has 0 spiro atoms. The summed E-state index contributed by atoms with van der Waals surface area (Å²) >= 11 is 0. The van der Waals surface area contributed by atoms with E-state index in [4.69, 9.17) is 0 Å². The Bertz CT molecular complexity index is 731. The first-order chi connectivity index (χ1) is 11.1. The monoisotopic (exact) mass is 346 g/mol. The van der Waals surface area contributed by atoms with E-state index >= 15 is 0 Å². The Morgan fingerprint density at radius 2 is 1.75 bits per heavy atom. The SMILES string of the molecule is Cc1nn(-c2ccccc2)c(C)c1C(=O)N1C[C@H]2CNC[C@H]2C1.Cl. The number of carbonyl (C=O) groups is 1. The van der Waals surface area contributed by atoms with Crippen molar-refractivity contribution in [3.63, 3.8) is 0 Å². The minimum absolute atomic E-state index is 0.